The molecule has 1 atom stereocenters. The van der Waals surface area contributed by atoms with E-state index < -0.39 is 5.82 Å². The molecule has 1 aliphatic rings. The molecule has 0 amide bonds. The van der Waals surface area contributed by atoms with Crippen LogP contribution in [0.2, 0.25) is 5.02 Å². The second kappa shape index (κ2) is 10.1. The monoisotopic (exact) mass is 570 g/mol. The van der Waals surface area contributed by atoms with Crippen molar-refractivity contribution in [3.8, 4) is 0 Å². The number of anilines is 2. The molecule has 0 fully saturated rings. The summed E-state index contributed by atoms with van der Waals surface area (Å²) in [6, 6.07) is 4.55. The van der Waals surface area contributed by atoms with E-state index in [1.807, 2.05) is 0 Å². The molecule has 1 unspecified atom stereocenters. The minimum absolute atomic E-state index is 0.161. The number of halogens is 3. The van der Waals surface area contributed by atoms with Crippen molar-refractivity contribution in [2.24, 2.45) is 5.92 Å². The van der Waals surface area contributed by atoms with Crippen LogP contribution in [0.15, 0.2) is 28.9 Å². The van der Waals surface area contributed by atoms with Crippen molar-refractivity contribution in [3.05, 3.63) is 61.3 Å². The van der Waals surface area contributed by atoms with E-state index >= 15 is 0 Å². The van der Waals surface area contributed by atoms with Crippen LogP contribution in [0.5, 0.6) is 0 Å². The Morgan fingerprint density at radius 3 is 2.97 bits per heavy atom. The van der Waals surface area contributed by atoms with E-state index in [9.17, 15) is 9.18 Å². The van der Waals surface area contributed by atoms with Crippen molar-refractivity contribution >= 4 is 73.0 Å². The predicted molar refractivity (Wildman–Crippen MR) is 137 cm³/mol. The molecule has 0 saturated carbocycles. The molecular formula is C22H21BrClFN4O2S2. The summed E-state index contributed by atoms with van der Waals surface area (Å²) >= 11 is 16.6. The van der Waals surface area contributed by atoms with E-state index in [1.54, 1.807) is 23.0 Å². The van der Waals surface area contributed by atoms with E-state index in [2.05, 4.69) is 38.6 Å². The van der Waals surface area contributed by atoms with Crippen molar-refractivity contribution in [2.45, 2.75) is 32.7 Å². The molecule has 4 rings (SSSR count). The maximum atomic E-state index is 14.1. The van der Waals surface area contributed by atoms with E-state index in [4.69, 9.17) is 28.6 Å². The van der Waals surface area contributed by atoms with Gasteiger partial charge in [-0.15, -0.1) is 11.3 Å². The first kappa shape index (κ1) is 24.1. The van der Waals surface area contributed by atoms with Crippen LogP contribution in [-0.4, -0.2) is 28.0 Å². The zero-order valence-electron chi connectivity index (χ0n) is 17.9. The summed E-state index contributed by atoms with van der Waals surface area (Å²) in [4.78, 5) is 13.7. The minimum atomic E-state index is -0.396. The Labute approximate surface area is 213 Å². The van der Waals surface area contributed by atoms with Gasteiger partial charge in [-0.25, -0.2) is 9.18 Å². The Morgan fingerprint density at radius 2 is 2.24 bits per heavy atom. The lowest BCUT2D eigenvalue weighted by molar-refractivity contribution is 0.0601. The highest BCUT2D eigenvalue weighted by molar-refractivity contribution is 9.10. The number of thiophene rings is 1. The standard InChI is InChI=1S/C22H21BrClFN4O2S2/c1-11-6-7-12-17(8-11)33-20(18(12)21(30)31-2)27-22(32)26-19-14(23)10-29(28-19)9-13-15(24)4-3-5-16(13)25/h3-5,10-11H,6-9H2,1-2H3,(H2,26,27,28,32). The number of carbonyl (C=O) groups is 1. The molecule has 0 spiro atoms. The van der Waals surface area contributed by atoms with Crippen molar-refractivity contribution in [1.29, 1.82) is 0 Å². The number of benzene rings is 1. The molecule has 6 nitrogen and oxygen atoms in total. The van der Waals surface area contributed by atoms with Gasteiger partial charge in [0.25, 0.3) is 0 Å². The maximum Gasteiger partial charge on any atom is 0.341 e. The highest BCUT2D eigenvalue weighted by Crippen LogP contribution is 2.40. The number of methoxy groups -OCH3 is 1. The van der Waals surface area contributed by atoms with E-state index in [1.165, 1.54) is 29.4 Å². The molecule has 2 heterocycles. The number of nitrogens with one attached hydrogen (secondary N) is 2. The van der Waals surface area contributed by atoms with E-state index in [0.717, 1.165) is 24.8 Å². The van der Waals surface area contributed by atoms with Crippen molar-refractivity contribution in [1.82, 2.24) is 9.78 Å². The number of fused-ring (bicyclic) bond motifs is 1. The molecule has 0 aliphatic heterocycles. The molecule has 0 saturated heterocycles. The third-order valence-electron chi connectivity index (χ3n) is 5.46. The Balaban J connectivity index is 1.51. The molecule has 2 aromatic heterocycles. The first-order valence-corrected chi connectivity index (χ1v) is 12.6. The van der Waals surface area contributed by atoms with Crippen LogP contribution in [0.25, 0.3) is 0 Å². The second-order valence-electron chi connectivity index (χ2n) is 7.85. The number of nitrogens with zero attached hydrogens (tertiary/aromatic N) is 2. The van der Waals surface area contributed by atoms with Gasteiger partial charge in [0.2, 0.25) is 0 Å². The van der Waals surface area contributed by atoms with Crippen LogP contribution in [0.4, 0.5) is 15.2 Å². The van der Waals surface area contributed by atoms with Gasteiger partial charge < -0.3 is 15.4 Å². The lowest BCUT2D eigenvalue weighted by Gasteiger charge is -2.18. The van der Waals surface area contributed by atoms with Gasteiger partial charge in [-0.1, -0.05) is 24.6 Å². The predicted octanol–water partition coefficient (Wildman–Crippen LogP) is 6.27. The van der Waals surface area contributed by atoms with Crippen LogP contribution in [0, 0.1) is 11.7 Å². The topological polar surface area (TPSA) is 68.2 Å². The van der Waals surface area contributed by atoms with Gasteiger partial charge in [-0.05, 0) is 71.0 Å². The first-order valence-electron chi connectivity index (χ1n) is 10.2. The number of thiocarbonyl (C=S) groups is 1. The lowest BCUT2D eigenvalue weighted by Crippen LogP contribution is -2.21. The van der Waals surface area contributed by atoms with Gasteiger partial charge in [-0.2, -0.15) is 5.10 Å². The molecule has 11 heteroatoms. The van der Waals surface area contributed by atoms with Gasteiger partial charge in [-0.3, -0.25) is 4.68 Å². The minimum Gasteiger partial charge on any atom is -0.465 e. The van der Waals surface area contributed by atoms with Crippen molar-refractivity contribution < 1.29 is 13.9 Å². The molecule has 0 bridgehead atoms. The third-order valence-corrected chi connectivity index (χ3v) is 7.77. The summed E-state index contributed by atoms with van der Waals surface area (Å²) < 4.78 is 21.4. The largest absolute Gasteiger partial charge is 0.465 e. The highest BCUT2D eigenvalue weighted by atomic mass is 79.9. The summed E-state index contributed by atoms with van der Waals surface area (Å²) in [6.45, 7) is 2.37. The molecule has 0 radical (unpaired) electrons. The van der Waals surface area contributed by atoms with Crippen molar-refractivity contribution in [2.75, 3.05) is 17.7 Å². The van der Waals surface area contributed by atoms with Gasteiger partial charge in [0.1, 0.15) is 10.8 Å². The zero-order valence-corrected chi connectivity index (χ0v) is 21.9. The number of aromatic nitrogens is 2. The maximum absolute atomic E-state index is 14.1. The second-order valence-corrected chi connectivity index (χ2v) is 10.6. The third kappa shape index (κ3) is 5.24. The number of esters is 1. The molecule has 1 aliphatic carbocycles. The van der Waals surface area contributed by atoms with Crippen molar-refractivity contribution in [3.63, 3.8) is 0 Å². The van der Waals surface area contributed by atoms with Crippen LogP contribution < -0.4 is 10.6 Å². The summed E-state index contributed by atoms with van der Waals surface area (Å²) in [6.07, 6.45) is 4.51. The Hall–Kier alpha value is -2.01. The SMILES string of the molecule is COC(=O)c1c(NC(=S)Nc2nn(Cc3c(F)cccc3Cl)cc2Br)sc2c1CCC(C)C2. The molecule has 174 valence electrons. The first-order chi connectivity index (χ1) is 15.8. The summed E-state index contributed by atoms with van der Waals surface area (Å²) in [7, 11) is 1.38. The zero-order chi connectivity index (χ0) is 23.7. The van der Waals surface area contributed by atoms with Gasteiger partial charge >= 0.3 is 5.97 Å². The van der Waals surface area contributed by atoms with Crippen LogP contribution >= 0.6 is 51.1 Å². The summed E-state index contributed by atoms with van der Waals surface area (Å²) in [5, 5.41) is 11.9. The molecule has 33 heavy (non-hydrogen) atoms. The molecule has 2 N–H and O–H groups in total. The number of hydrogen-bond acceptors (Lipinski definition) is 5. The average molecular weight is 572 g/mol. The van der Waals surface area contributed by atoms with Gasteiger partial charge in [0, 0.05) is 21.7 Å². The van der Waals surface area contributed by atoms with Gasteiger partial charge in [0.05, 0.1) is 23.7 Å². The highest BCUT2D eigenvalue weighted by Gasteiger charge is 2.28. The summed E-state index contributed by atoms with van der Waals surface area (Å²) in [5.41, 5.74) is 1.94. The summed E-state index contributed by atoms with van der Waals surface area (Å²) in [5.74, 6) is 0.253. The Bertz CT molecular complexity index is 1210. The fourth-order valence-corrected chi connectivity index (χ4v) is 6.11. The lowest BCUT2D eigenvalue weighted by atomic mass is 9.88. The normalized spacial score (nSPS) is 15.1. The molecular weight excluding hydrogens is 551 g/mol. The number of carbonyl (C=O) groups excluding carboxylic acids is 1. The molecule has 3 aromatic rings. The van der Waals surface area contributed by atoms with E-state index in [0.29, 0.717) is 37.4 Å². The van der Waals surface area contributed by atoms with E-state index in [-0.39, 0.29) is 17.6 Å². The number of ether oxygens (including phenoxy) is 1. The average Bonchev–Trinajstić information content (AvgIpc) is 3.28. The number of hydrogen-bond donors (Lipinski definition) is 2. The van der Waals surface area contributed by atoms with Gasteiger partial charge in [0.15, 0.2) is 10.9 Å². The quantitative estimate of drug-likeness (QED) is 0.278. The fourth-order valence-electron chi connectivity index (χ4n) is 3.81. The fraction of sp³-hybridized carbons (Fsp3) is 0.318. The van der Waals surface area contributed by atoms with Crippen LogP contribution in [0.1, 0.15) is 39.7 Å². The molecule has 1 aromatic carbocycles. The van der Waals surface area contributed by atoms with Crippen LogP contribution in [0.3, 0.4) is 0 Å². The Morgan fingerprint density at radius 1 is 1.45 bits per heavy atom. The Kier molecular flexibility index (Phi) is 7.37. The van der Waals surface area contributed by atoms with Crippen LogP contribution in [-0.2, 0) is 24.1 Å². The number of rotatable bonds is 5. The smallest absolute Gasteiger partial charge is 0.341 e.